The SMILES string of the molecule is CN(C(=O)C(F)(F)F)C1=C2C=C3CCC=[N+]4CCCC(=C2[Si](C)(C)c2c1cc1c5c2CCCN5CCC1)[C-]34.C[NH+]=C1c2cc3c4c(c2[Si](C)(C)c2c1cc1c5c2CCCN5CCC1)CCCN4CCC3. The lowest BCUT2D eigenvalue weighted by molar-refractivity contribution is -0.508. The first-order chi connectivity index (χ1) is 33.7. The Labute approximate surface area is 414 Å². The molecule has 10 heterocycles. The maximum atomic E-state index is 13.9. The first-order valence-electron chi connectivity index (χ1n) is 27.1. The number of nitrogens with zero attached hydrogens (tertiary/aromatic N) is 5. The monoisotopic (exact) mass is 980 g/mol. The normalized spacial score (nSPS) is 22.7. The summed E-state index contributed by atoms with van der Waals surface area (Å²) in [5.74, 6) is -1.79. The van der Waals surface area contributed by atoms with Crippen LogP contribution in [0, 0.1) is 6.04 Å². The lowest BCUT2D eigenvalue weighted by Crippen LogP contribution is -2.74. The maximum Gasteiger partial charge on any atom is 0.471 e. The molecule has 1 amide bonds. The van der Waals surface area contributed by atoms with Crippen LogP contribution in [0.2, 0.25) is 26.2 Å². The summed E-state index contributed by atoms with van der Waals surface area (Å²) in [6.07, 6.45) is 17.6. The Morgan fingerprint density at radius 3 is 1.61 bits per heavy atom. The van der Waals surface area contributed by atoms with Crippen LogP contribution in [-0.4, -0.2) is 110 Å². The zero-order chi connectivity index (χ0) is 48.2. The summed E-state index contributed by atoms with van der Waals surface area (Å²) in [5.41, 5.74) is 23.2. The first-order valence-corrected chi connectivity index (χ1v) is 33.1. The van der Waals surface area contributed by atoms with Crippen molar-refractivity contribution in [3.63, 3.8) is 0 Å². The van der Waals surface area contributed by atoms with E-state index in [0.29, 0.717) is 5.70 Å². The number of anilines is 3. The quantitative estimate of drug-likeness (QED) is 0.166. The van der Waals surface area contributed by atoms with Gasteiger partial charge < -0.3 is 19.6 Å². The highest BCUT2D eigenvalue weighted by molar-refractivity contribution is 7.03. The Hall–Kier alpha value is -4.82. The fraction of sp³-hybridized carbons (Fsp3) is 0.517. The molecule has 14 rings (SSSR count). The van der Waals surface area contributed by atoms with Gasteiger partial charge in [-0.25, -0.2) is 4.99 Å². The zero-order valence-electron chi connectivity index (χ0n) is 42.4. The van der Waals surface area contributed by atoms with E-state index in [4.69, 9.17) is 0 Å². The number of carbonyl (C=O) groups excluding carboxylic acids is 1. The Bertz CT molecular complexity index is 2920. The minimum Gasteiger partial charge on any atom is -0.371 e. The van der Waals surface area contributed by atoms with Gasteiger partial charge in [0.05, 0.1) is 14.3 Å². The predicted molar refractivity (Wildman–Crippen MR) is 284 cm³/mol. The third-order valence-electron chi connectivity index (χ3n) is 18.6. The minimum atomic E-state index is -4.93. The molecule has 1 N–H and O–H groups in total. The summed E-state index contributed by atoms with van der Waals surface area (Å²) in [4.78, 5) is 25.5. The van der Waals surface area contributed by atoms with Gasteiger partial charge in [0.15, 0.2) is 0 Å². The number of allylic oxidation sites excluding steroid dienone is 3. The number of nitrogens with one attached hydrogen (secondary N) is 1. The molecule has 0 bridgehead atoms. The highest BCUT2D eigenvalue weighted by Crippen LogP contribution is 2.53. The van der Waals surface area contributed by atoms with Crippen molar-refractivity contribution in [1.29, 1.82) is 0 Å². The van der Waals surface area contributed by atoms with Gasteiger partial charge in [0.1, 0.15) is 27.7 Å². The second kappa shape index (κ2) is 16.1. The number of alkyl halides is 3. The van der Waals surface area contributed by atoms with Crippen LogP contribution in [0.1, 0.15) is 114 Å². The lowest BCUT2D eigenvalue weighted by Gasteiger charge is -2.51. The van der Waals surface area contributed by atoms with Crippen molar-refractivity contribution in [3.8, 4) is 0 Å². The molecule has 0 unspecified atom stereocenters. The van der Waals surface area contributed by atoms with Crippen LogP contribution in [0.3, 0.4) is 0 Å². The van der Waals surface area contributed by atoms with Gasteiger partial charge in [-0.15, -0.1) is 11.3 Å². The average Bonchev–Trinajstić information content (AvgIpc) is 3.34. The number of hydrogen-bond donors (Lipinski definition) is 1. The van der Waals surface area contributed by atoms with Crippen molar-refractivity contribution in [2.45, 2.75) is 135 Å². The van der Waals surface area contributed by atoms with Gasteiger partial charge in [-0.2, -0.15) is 13.2 Å². The van der Waals surface area contributed by atoms with Gasteiger partial charge in [-0.05, 0) is 164 Å². The summed E-state index contributed by atoms with van der Waals surface area (Å²) < 4.78 is 44.1. The molecule has 366 valence electrons. The molecule has 0 saturated carbocycles. The van der Waals surface area contributed by atoms with Crippen LogP contribution in [0.4, 0.5) is 30.2 Å². The molecule has 3 aromatic carbocycles. The molecule has 7 nitrogen and oxygen atoms in total. The molecule has 1 aliphatic carbocycles. The zero-order valence-corrected chi connectivity index (χ0v) is 44.4. The molecule has 3 aromatic rings. The number of carbonyl (C=O) groups is 1. The number of piperidine rings is 1. The minimum absolute atomic E-state index is 0.469. The van der Waals surface area contributed by atoms with Crippen molar-refractivity contribution in [3.05, 3.63) is 102 Å². The van der Waals surface area contributed by atoms with Crippen LogP contribution < -0.4 is 35.3 Å². The van der Waals surface area contributed by atoms with E-state index in [9.17, 15) is 18.0 Å². The number of benzene rings is 3. The van der Waals surface area contributed by atoms with Gasteiger partial charge in [0.25, 0.3) is 0 Å². The van der Waals surface area contributed by atoms with Gasteiger partial charge >= 0.3 is 12.1 Å². The number of amides is 1. The van der Waals surface area contributed by atoms with Crippen molar-refractivity contribution >= 4 is 72.3 Å². The average molecular weight is 980 g/mol. The summed E-state index contributed by atoms with van der Waals surface area (Å²) in [6.45, 7) is 18.3. The van der Waals surface area contributed by atoms with E-state index in [1.54, 1.807) is 55.1 Å². The van der Waals surface area contributed by atoms with E-state index in [2.05, 4.69) is 88.0 Å². The number of hydrogen-bond acceptors (Lipinski definition) is 4. The lowest BCUT2D eigenvalue weighted by atomic mass is 9.79. The molecule has 70 heavy (non-hydrogen) atoms. The third-order valence-corrected chi connectivity index (χ3v) is 25.9. The van der Waals surface area contributed by atoms with E-state index in [1.165, 1.54) is 135 Å². The Morgan fingerprint density at radius 1 is 0.657 bits per heavy atom. The number of fused-ring (bicyclic) bond motifs is 7. The van der Waals surface area contributed by atoms with E-state index < -0.39 is 28.2 Å². The first kappa shape index (κ1) is 45.1. The van der Waals surface area contributed by atoms with Gasteiger partial charge in [-0.3, -0.25) is 9.37 Å². The fourth-order valence-corrected chi connectivity index (χ4v) is 24.3. The number of rotatable bonds is 1. The molecule has 0 atom stereocenters. The molecule has 0 spiro atoms. The Kier molecular flexibility index (Phi) is 10.4. The van der Waals surface area contributed by atoms with Crippen LogP contribution in [-0.2, 0) is 43.3 Å². The molecule has 12 heteroatoms. The van der Waals surface area contributed by atoms with E-state index in [1.807, 2.05) is 0 Å². The summed E-state index contributed by atoms with van der Waals surface area (Å²) in [6, 6.07) is 8.70. The van der Waals surface area contributed by atoms with E-state index in [0.717, 1.165) is 87.0 Å². The molecule has 11 aliphatic rings. The Balaban J connectivity index is 0.000000139. The molecule has 1 saturated heterocycles. The standard InChI is InChI=1S/C30H34F3N3OSi.C28H35N3Si/c1-34(29(37)30(31,32)33)26-22-16-18-8-4-12-35-14-6-10-20(24(18)35)27(22)38(2,3)28-21-11-7-15-36-13-5-9-19(25(21)36)17-23(26)28;1-29-24-22-16-18-8-4-12-30-14-6-10-20(25(18)30)27(22)32(2,3)28-21-11-7-15-31-13-5-9-19(26(21)31)17-23(24)28/h12,16-17H,4-11,13-15H2,1-3H3;16-17H,4-15H2,1-3H3/p+1. The molecular formula is C58H70F3N6OSi2+. The summed E-state index contributed by atoms with van der Waals surface area (Å²) in [7, 11) is -0.695. The van der Waals surface area contributed by atoms with Crippen molar-refractivity contribution in [2.75, 3.05) is 74.6 Å². The van der Waals surface area contributed by atoms with Gasteiger partial charge in [0.2, 0.25) is 5.71 Å². The Morgan fingerprint density at radius 2 is 1.13 bits per heavy atom. The second-order valence-electron chi connectivity index (χ2n) is 23.3. The van der Waals surface area contributed by atoms with Gasteiger partial charge in [-0.1, -0.05) is 48.1 Å². The van der Waals surface area contributed by atoms with E-state index >= 15 is 0 Å². The third kappa shape index (κ3) is 6.41. The summed E-state index contributed by atoms with van der Waals surface area (Å²) in [5, 5.41) is 6.05. The number of aryl methyl sites for hydroxylation is 3. The van der Waals surface area contributed by atoms with Crippen LogP contribution >= 0.6 is 0 Å². The second-order valence-corrected chi connectivity index (χ2v) is 31.8. The molecule has 0 radical (unpaired) electrons. The highest BCUT2D eigenvalue weighted by Gasteiger charge is 2.51. The smallest absolute Gasteiger partial charge is 0.371 e. The van der Waals surface area contributed by atoms with Crippen molar-refractivity contribution < 1.29 is 27.5 Å². The number of halogens is 3. The highest BCUT2D eigenvalue weighted by atomic mass is 28.3. The van der Waals surface area contributed by atoms with E-state index in [-0.39, 0.29) is 0 Å². The molecule has 1 fully saturated rings. The van der Waals surface area contributed by atoms with Crippen LogP contribution in [0.5, 0.6) is 0 Å². The predicted octanol–water partition coefficient (Wildman–Crippen LogP) is 6.79. The van der Waals surface area contributed by atoms with Crippen LogP contribution in [0.15, 0.2) is 46.2 Å². The topological polar surface area (TPSA) is 47.0 Å². The van der Waals surface area contributed by atoms with Crippen LogP contribution in [0.25, 0.3) is 5.70 Å². The van der Waals surface area contributed by atoms with Crippen molar-refractivity contribution in [1.82, 2.24) is 4.90 Å². The molecule has 0 aromatic heterocycles. The summed E-state index contributed by atoms with van der Waals surface area (Å²) >= 11 is 0. The molecule has 10 aliphatic heterocycles. The van der Waals surface area contributed by atoms with Gasteiger partial charge in [0, 0.05) is 86.6 Å². The van der Waals surface area contributed by atoms with Crippen molar-refractivity contribution in [2.24, 2.45) is 0 Å². The molecular weight excluding hydrogens is 910 g/mol. The maximum absolute atomic E-state index is 13.9. The fourth-order valence-electron chi connectivity index (χ4n) is 16.3. The largest absolute Gasteiger partial charge is 0.471 e.